The Balaban J connectivity index is 3.17. The first-order valence-corrected chi connectivity index (χ1v) is 2.93. The average molecular weight is 116 g/mol. The molecule has 42 valence electrons. The molecule has 0 saturated carbocycles. The predicted octanol–water partition coefficient (Wildman–Crippen LogP) is 0.928. The Hall–Kier alpha value is -0.253. The van der Waals surface area contributed by atoms with Gasteiger partial charge in [0.1, 0.15) is 0 Å². The van der Waals surface area contributed by atoms with Gasteiger partial charge >= 0.3 is 62.8 Å². The Morgan fingerprint density at radius 3 is 2.56 bits per heavy atom. The molecule has 2 heteroatoms. The summed E-state index contributed by atoms with van der Waals surface area (Å²) in [5, 5.41) is 0. The summed E-state index contributed by atoms with van der Waals surface area (Å²) in [5.74, 6) is -0.116. The van der Waals surface area contributed by atoms with Crippen molar-refractivity contribution in [2.75, 3.05) is 0 Å². The van der Waals surface area contributed by atoms with Crippen molar-refractivity contribution in [3.8, 4) is 0 Å². The van der Waals surface area contributed by atoms with Gasteiger partial charge in [0.25, 0.3) is 0 Å². The standard InChI is InChI=1S/C7H6F.Li/c1-6-4-2-3-5-7(6)8;/h2,4-5H,1H3;. The fourth-order valence-corrected chi connectivity index (χ4v) is 0.698. The van der Waals surface area contributed by atoms with Crippen LogP contribution in [0.2, 0.25) is 0 Å². The fourth-order valence-electron chi connectivity index (χ4n) is 0.698. The summed E-state index contributed by atoms with van der Waals surface area (Å²) in [6, 6.07) is 5.22. The minimum atomic E-state index is -0.116. The Morgan fingerprint density at radius 2 is 2.11 bits per heavy atom. The van der Waals surface area contributed by atoms with Crippen molar-refractivity contribution in [1.82, 2.24) is 0 Å². The van der Waals surface area contributed by atoms with Crippen molar-refractivity contribution in [3.05, 3.63) is 29.6 Å². The topological polar surface area (TPSA) is 0 Å². The van der Waals surface area contributed by atoms with Crippen LogP contribution in [0.4, 0.5) is 4.39 Å². The molecule has 0 unspecified atom stereocenters. The zero-order valence-corrected chi connectivity index (χ0v) is 5.61. The zero-order valence-electron chi connectivity index (χ0n) is 5.61. The third-order valence-corrected chi connectivity index (χ3v) is 1.33. The second-order valence-corrected chi connectivity index (χ2v) is 2.25. The molecule has 0 nitrogen and oxygen atoms in total. The van der Waals surface area contributed by atoms with Crippen LogP contribution in [0.25, 0.3) is 0 Å². The average Bonchev–Trinajstić information content (AvgIpc) is 1.80. The van der Waals surface area contributed by atoms with Gasteiger partial charge in [-0.15, -0.1) is 0 Å². The van der Waals surface area contributed by atoms with Crippen molar-refractivity contribution in [2.45, 2.75) is 6.92 Å². The molecule has 0 aliphatic carbocycles. The number of rotatable bonds is 0. The maximum absolute atomic E-state index is 12.6. The summed E-state index contributed by atoms with van der Waals surface area (Å²) in [4.78, 5) is 0. The van der Waals surface area contributed by atoms with Crippen LogP contribution < -0.4 is 4.24 Å². The molecule has 0 atom stereocenters. The minimum absolute atomic E-state index is 0.116. The van der Waals surface area contributed by atoms with Crippen molar-refractivity contribution in [1.29, 1.82) is 0 Å². The predicted molar refractivity (Wildman–Crippen MR) is 36.5 cm³/mol. The molecule has 0 saturated heterocycles. The molecule has 0 aliphatic heterocycles. The van der Waals surface area contributed by atoms with Crippen molar-refractivity contribution < 1.29 is 4.39 Å². The zero-order chi connectivity index (χ0) is 6.85. The molecule has 1 aromatic rings. The third-order valence-electron chi connectivity index (χ3n) is 1.33. The molecule has 0 aliphatic rings. The van der Waals surface area contributed by atoms with Gasteiger partial charge in [-0.25, -0.2) is 0 Å². The van der Waals surface area contributed by atoms with E-state index in [1.54, 1.807) is 13.0 Å². The number of benzene rings is 1. The van der Waals surface area contributed by atoms with Crippen molar-refractivity contribution in [2.24, 2.45) is 0 Å². The molecule has 0 amide bonds. The van der Waals surface area contributed by atoms with Gasteiger partial charge in [-0.2, -0.15) is 0 Å². The van der Waals surface area contributed by atoms with E-state index in [1.165, 1.54) is 6.07 Å². The normalized spacial score (nSPS) is 9.78. The summed E-state index contributed by atoms with van der Waals surface area (Å²) in [7, 11) is 0. The Labute approximate surface area is 63.3 Å². The van der Waals surface area contributed by atoms with E-state index < -0.39 is 0 Å². The molecule has 0 heterocycles. The van der Waals surface area contributed by atoms with E-state index in [4.69, 9.17) is 0 Å². The van der Waals surface area contributed by atoms with Crippen LogP contribution in [0.1, 0.15) is 5.56 Å². The molecule has 0 bridgehead atoms. The van der Waals surface area contributed by atoms with Crippen LogP contribution in [0.15, 0.2) is 18.2 Å². The molecule has 0 aromatic heterocycles. The van der Waals surface area contributed by atoms with E-state index in [1.807, 2.05) is 23.8 Å². The molecule has 0 fully saturated rings. The maximum atomic E-state index is 12.6. The van der Waals surface area contributed by atoms with Gasteiger partial charge in [0.2, 0.25) is 0 Å². The quantitative estimate of drug-likeness (QED) is 0.442. The summed E-state index contributed by atoms with van der Waals surface area (Å²) in [6.07, 6.45) is 0. The van der Waals surface area contributed by atoms with Gasteiger partial charge in [0.05, 0.1) is 0 Å². The van der Waals surface area contributed by atoms with Gasteiger partial charge in [-0.05, 0) is 0 Å². The van der Waals surface area contributed by atoms with Gasteiger partial charge in [-0.1, -0.05) is 0 Å². The molecule has 0 spiro atoms. The molecular weight excluding hydrogens is 110 g/mol. The number of hydrogen-bond donors (Lipinski definition) is 0. The first-order chi connectivity index (χ1) is 4.20. The van der Waals surface area contributed by atoms with Crippen LogP contribution in [-0.2, 0) is 0 Å². The Bertz CT molecular complexity index is 220. The van der Waals surface area contributed by atoms with Crippen LogP contribution in [0.3, 0.4) is 0 Å². The number of halogens is 1. The summed E-state index contributed by atoms with van der Waals surface area (Å²) >= 11 is 1.88. The van der Waals surface area contributed by atoms with Crippen LogP contribution in [-0.4, -0.2) is 17.7 Å². The van der Waals surface area contributed by atoms with Gasteiger partial charge in [0, 0.05) is 0 Å². The first kappa shape index (κ1) is 6.86. The third kappa shape index (κ3) is 1.57. The summed E-state index contributed by atoms with van der Waals surface area (Å²) < 4.78 is 13.6. The number of hydrogen-bond acceptors (Lipinski definition) is 0. The molecule has 0 radical (unpaired) electrons. The van der Waals surface area contributed by atoms with Gasteiger partial charge in [0.15, 0.2) is 0 Å². The molecule has 1 aromatic carbocycles. The van der Waals surface area contributed by atoms with E-state index in [-0.39, 0.29) is 5.82 Å². The van der Waals surface area contributed by atoms with E-state index in [2.05, 4.69) is 0 Å². The fraction of sp³-hybridized carbons (Fsp3) is 0.143. The van der Waals surface area contributed by atoms with Crippen LogP contribution >= 0.6 is 0 Å². The van der Waals surface area contributed by atoms with Gasteiger partial charge in [-0.3, -0.25) is 0 Å². The Kier molecular flexibility index (Phi) is 1.95. The van der Waals surface area contributed by atoms with Crippen LogP contribution in [0.5, 0.6) is 0 Å². The van der Waals surface area contributed by atoms with Crippen molar-refractivity contribution >= 4 is 22.0 Å². The molecule has 1 rings (SSSR count). The SMILES string of the molecule is [Li][c]1ccc(C)c(F)c1. The summed E-state index contributed by atoms with van der Waals surface area (Å²) in [5.41, 5.74) is 0.709. The van der Waals surface area contributed by atoms with Crippen molar-refractivity contribution in [3.63, 3.8) is 0 Å². The first-order valence-electron chi connectivity index (χ1n) is 2.93. The monoisotopic (exact) mass is 116 g/mol. The van der Waals surface area contributed by atoms with E-state index in [0.29, 0.717) is 5.56 Å². The molecule has 0 N–H and O–H groups in total. The molecule has 9 heavy (non-hydrogen) atoms. The molecular formula is C7H6FLi. The van der Waals surface area contributed by atoms with E-state index in [0.717, 1.165) is 4.24 Å². The Morgan fingerprint density at radius 1 is 1.44 bits per heavy atom. The summed E-state index contributed by atoms with van der Waals surface area (Å²) in [6.45, 7) is 1.76. The number of aryl methyl sites for hydroxylation is 1. The van der Waals surface area contributed by atoms with E-state index in [9.17, 15) is 4.39 Å². The second kappa shape index (κ2) is 2.56. The van der Waals surface area contributed by atoms with Crippen LogP contribution in [0, 0.1) is 12.7 Å². The van der Waals surface area contributed by atoms with E-state index >= 15 is 0 Å². The van der Waals surface area contributed by atoms with Gasteiger partial charge < -0.3 is 0 Å². The second-order valence-electron chi connectivity index (χ2n) is 2.25.